The molecule has 2 aromatic carbocycles. The van der Waals surface area contributed by atoms with E-state index >= 15 is 0 Å². The Hall–Kier alpha value is -2.01. The van der Waals surface area contributed by atoms with Crippen LogP contribution in [0.1, 0.15) is 28.8 Å². The van der Waals surface area contributed by atoms with Gasteiger partial charge >= 0.3 is 0 Å². The minimum Gasteiger partial charge on any atom is -0.486 e. The van der Waals surface area contributed by atoms with Crippen LogP contribution in [-0.4, -0.2) is 25.7 Å². The summed E-state index contributed by atoms with van der Waals surface area (Å²) in [6.45, 7) is 1.82. The number of carbonyl (C=O) groups is 1. The van der Waals surface area contributed by atoms with Crippen molar-refractivity contribution >= 4 is 21.8 Å². The van der Waals surface area contributed by atoms with E-state index in [1.54, 1.807) is 0 Å². The third-order valence-electron chi connectivity index (χ3n) is 4.68. The molecule has 4 rings (SSSR count). The lowest BCUT2D eigenvalue weighted by Crippen LogP contribution is -2.32. The van der Waals surface area contributed by atoms with Crippen LogP contribution in [0.15, 0.2) is 46.9 Å². The Morgan fingerprint density at radius 2 is 1.88 bits per heavy atom. The molecule has 124 valence electrons. The number of carbonyl (C=O) groups excluding carboxylic acids is 1. The van der Waals surface area contributed by atoms with Gasteiger partial charge in [-0.2, -0.15) is 0 Å². The first-order chi connectivity index (χ1) is 11.7. The van der Waals surface area contributed by atoms with Crippen molar-refractivity contribution in [2.24, 2.45) is 0 Å². The highest BCUT2D eigenvalue weighted by Crippen LogP contribution is 2.49. The number of hydrogen-bond acceptors (Lipinski definition) is 3. The van der Waals surface area contributed by atoms with E-state index in [9.17, 15) is 4.79 Å². The Bertz CT molecular complexity index is 786. The molecule has 1 saturated carbocycles. The zero-order chi connectivity index (χ0) is 16.6. The smallest absolute Gasteiger partial charge is 0.251 e. The molecule has 0 spiro atoms. The number of hydrogen-bond donors (Lipinski definition) is 1. The summed E-state index contributed by atoms with van der Waals surface area (Å²) in [6.07, 6.45) is 2.15. The van der Waals surface area contributed by atoms with E-state index in [0.29, 0.717) is 25.3 Å². The molecule has 4 nitrogen and oxygen atoms in total. The van der Waals surface area contributed by atoms with Crippen molar-refractivity contribution in [3.8, 4) is 11.5 Å². The minimum absolute atomic E-state index is 0.0253. The van der Waals surface area contributed by atoms with Crippen molar-refractivity contribution in [1.29, 1.82) is 0 Å². The number of ether oxygens (including phenoxy) is 2. The van der Waals surface area contributed by atoms with Crippen LogP contribution >= 0.6 is 15.9 Å². The van der Waals surface area contributed by atoms with Crippen molar-refractivity contribution in [1.82, 2.24) is 5.32 Å². The number of benzene rings is 2. The molecule has 2 aromatic rings. The lowest BCUT2D eigenvalue weighted by atomic mass is 9.95. The van der Waals surface area contributed by atoms with E-state index in [0.717, 1.165) is 28.8 Å². The van der Waals surface area contributed by atoms with Crippen molar-refractivity contribution in [2.75, 3.05) is 19.8 Å². The summed E-state index contributed by atoms with van der Waals surface area (Å²) in [5.41, 5.74) is 1.90. The van der Waals surface area contributed by atoms with Crippen LogP contribution in [0.5, 0.6) is 11.5 Å². The van der Waals surface area contributed by atoms with E-state index < -0.39 is 0 Å². The molecule has 1 aliphatic heterocycles. The molecule has 0 bridgehead atoms. The Kier molecular flexibility index (Phi) is 3.96. The summed E-state index contributed by atoms with van der Waals surface area (Å²) in [5, 5.41) is 3.08. The van der Waals surface area contributed by atoms with Crippen molar-refractivity contribution in [3.05, 3.63) is 58.1 Å². The fourth-order valence-corrected chi connectivity index (χ4v) is 3.47. The van der Waals surface area contributed by atoms with Crippen molar-refractivity contribution in [3.63, 3.8) is 0 Å². The molecule has 24 heavy (non-hydrogen) atoms. The first-order valence-corrected chi connectivity index (χ1v) is 8.90. The van der Waals surface area contributed by atoms with Crippen LogP contribution in [-0.2, 0) is 5.41 Å². The maximum Gasteiger partial charge on any atom is 0.251 e. The standard InChI is InChI=1S/C19H18BrNO3/c20-15-3-1-2-13(10-15)18(22)21-12-19(6-7-19)14-4-5-16-17(11-14)24-9-8-23-16/h1-5,10-11H,6-9,12H2,(H,21,22). The van der Waals surface area contributed by atoms with Crippen molar-refractivity contribution in [2.45, 2.75) is 18.3 Å². The molecule has 1 aliphatic carbocycles. The molecule has 2 aliphatic rings. The van der Waals surface area contributed by atoms with Crippen LogP contribution in [0.4, 0.5) is 0 Å². The Morgan fingerprint density at radius 3 is 2.62 bits per heavy atom. The van der Waals surface area contributed by atoms with E-state index in [-0.39, 0.29) is 11.3 Å². The fraction of sp³-hybridized carbons (Fsp3) is 0.316. The monoisotopic (exact) mass is 387 g/mol. The second kappa shape index (κ2) is 6.13. The van der Waals surface area contributed by atoms with E-state index in [4.69, 9.17) is 9.47 Å². The van der Waals surface area contributed by atoms with Crippen LogP contribution in [0, 0.1) is 0 Å². The molecule has 1 fully saturated rings. The van der Waals surface area contributed by atoms with Gasteiger partial charge in [-0.05, 0) is 48.7 Å². The second-order valence-corrected chi connectivity index (χ2v) is 7.25. The summed E-state index contributed by atoms with van der Waals surface area (Å²) in [7, 11) is 0. The third kappa shape index (κ3) is 3.00. The Balaban J connectivity index is 1.47. The average Bonchev–Trinajstić information content (AvgIpc) is 3.40. The summed E-state index contributed by atoms with van der Waals surface area (Å²) in [4.78, 5) is 12.4. The molecule has 0 unspecified atom stereocenters. The molecule has 0 atom stereocenters. The predicted octanol–water partition coefficient (Wildman–Crippen LogP) is 3.68. The number of nitrogens with one attached hydrogen (secondary N) is 1. The first-order valence-electron chi connectivity index (χ1n) is 8.10. The maximum absolute atomic E-state index is 12.4. The van der Waals surface area contributed by atoms with Gasteiger partial charge in [-0.25, -0.2) is 0 Å². The van der Waals surface area contributed by atoms with Gasteiger partial charge in [0.25, 0.3) is 5.91 Å². The number of fused-ring (bicyclic) bond motifs is 1. The van der Waals surface area contributed by atoms with Gasteiger partial charge in [-0.15, -0.1) is 0 Å². The largest absolute Gasteiger partial charge is 0.486 e. The highest BCUT2D eigenvalue weighted by molar-refractivity contribution is 9.10. The van der Waals surface area contributed by atoms with Gasteiger partial charge in [-0.1, -0.05) is 28.1 Å². The molecule has 1 N–H and O–H groups in total. The molecular formula is C19H18BrNO3. The number of rotatable bonds is 4. The van der Waals surface area contributed by atoms with E-state index in [1.165, 1.54) is 5.56 Å². The van der Waals surface area contributed by atoms with Crippen molar-refractivity contribution < 1.29 is 14.3 Å². The molecule has 0 aromatic heterocycles. The van der Waals surface area contributed by atoms with Gasteiger partial charge in [0, 0.05) is 22.0 Å². The summed E-state index contributed by atoms with van der Waals surface area (Å²) in [5.74, 6) is 1.57. The zero-order valence-corrected chi connectivity index (χ0v) is 14.8. The molecule has 1 heterocycles. The first kappa shape index (κ1) is 15.5. The highest BCUT2D eigenvalue weighted by Gasteiger charge is 2.44. The average molecular weight is 388 g/mol. The summed E-state index contributed by atoms with van der Waals surface area (Å²) >= 11 is 3.40. The van der Waals surface area contributed by atoms with E-state index in [1.807, 2.05) is 30.3 Å². The molecule has 0 saturated heterocycles. The zero-order valence-electron chi connectivity index (χ0n) is 13.2. The molecule has 5 heteroatoms. The van der Waals surface area contributed by atoms with Crippen LogP contribution < -0.4 is 14.8 Å². The third-order valence-corrected chi connectivity index (χ3v) is 5.18. The molecule has 1 amide bonds. The van der Waals surface area contributed by atoms with Gasteiger partial charge in [-0.3, -0.25) is 4.79 Å². The van der Waals surface area contributed by atoms with Gasteiger partial charge < -0.3 is 14.8 Å². The quantitative estimate of drug-likeness (QED) is 0.870. The summed E-state index contributed by atoms with van der Waals surface area (Å²) < 4.78 is 12.2. The summed E-state index contributed by atoms with van der Waals surface area (Å²) in [6, 6.07) is 13.6. The Labute approximate surface area is 149 Å². The number of halogens is 1. The lowest BCUT2D eigenvalue weighted by molar-refractivity contribution is 0.0949. The van der Waals surface area contributed by atoms with Gasteiger partial charge in [0.05, 0.1) is 0 Å². The van der Waals surface area contributed by atoms with E-state index in [2.05, 4.69) is 33.4 Å². The van der Waals surface area contributed by atoms with Gasteiger partial charge in [0.1, 0.15) is 13.2 Å². The van der Waals surface area contributed by atoms with Gasteiger partial charge in [0.2, 0.25) is 0 Å². The SMILES string of the molecule is O=C(NCC1(c2ccc3c(c2)OCCO3)CC1)c1cccc(Br)c1. The fourth-order valence-electron chi connectivity index (χ4n) is 3.07. The normalized spacial score (nSPS) is 17.2. The molecule has 0 radical (unpaired) electrons. The Morgan fingerprint density at radius 1 is 1.08 bits per heavy atom. The molecular weight excluding hydrogens is 370 g/mol. The second-order valence-electron chi connectivity index (χ2n) is 6.33. The maximum atomic E-state index is 12.4. The van der Waals surface area contributed by atoms with Crippen LogP contribution in [0.25, 0.3) is 0 Å². The van der Waals surface area contributed by atoms with Gasteiger partial charge in [0.15, 0.2) is 11.5 Å². The predicted molar refractivity (Wildman–Crippen MR) is 94.8 cm³/mol. The highest BCUT2D eigenvalue weighted by atomic mass is 79.9. The lowest BCUT2D eigenvalue weighted by Gasteiger charge is -2.22. The van der Waals surface area contributed by atoms with Crippen LogP contribution in [0.3, 0.4) is 0 Å². The van der Waals surface area contributed by atoms with Crippen LogP contribution in [0.2, 0.25) is 0 Å². The number of amides is 1. The topological polar surface area (TPSA) is 47.6 Å². The minimum atomic E-state index is -0.0416.